The standard InChI is InChI=1S/C15H18N4O/c1-3-4-12(2)15(20)18-10-13-5-6-14(17-9-13)19-8-7-16-11-19/h4-9,11H,3,10H2,1-2H3,(H,18,20)/b12-4+. The van der Waals surface area contributed by atoms with E-state index in [-0.39, 0.29) is 5.91 Å². The molecule has 0 radical (unpaired) electrons. The lowest BCUT2D eigenvalue weighted by Crippen LogP contribution is -2.23. The predicted octanol–water partition coefficient (Wildman–Crippen LogP) is 2.24. The number of carbonyl (C=O) groups excluding carboxylic acids is 1. The highest BCUT2D eigenvalue weighted by Crippen LogP contribution is 2.05. The van der Waals surface area contributed by atoms with E-state index in [0.717, 1.165) is 23.4 Å². The van der Waals surface area contributed by atoms with Crippen molar-refractivity contribution in [3.8, 4) is 5.82 Å². The Morgan fingerprint density at radius 3 is 2.90 bits per heavy atom. The zero-order chi connectivity index (χ0) is 14.4. The highest BCUT2D eigenvalue weighted by molar-refractivity contribution is 5.92. The second-order valence-electron chi connectivity index (χ2n) is 4.47. The lowest BCUT2D eigenvalue weighted by Gasteiger charge is -2.06. The van der Waals surface area contributed by atoms with Gasteiger partial charge in [0, 0.05) is 30.7 Å². The van der Waals surface area contributed by atoms with Gasteiger partial charge >= 0.3 is 0 Å². The highest BCUT2D eigenvalue weighted by atomic mass is 16.1. The zero-order valence-corrected chi connectivity index (χ0v) is 11.7. The minimum absolute atomic E-state index is 0.0365. The first-order valence-corrected chi connectivity index (χ1v) is 6.59. The van der Waals surface area contributed by atoms with E-state index in [1.807, 2.05) is 42.8 Å². The minimum Gasteiger partial charge on any atom is -0.348 e. The van der Waals surface area contributed by atoms with Crippen LogP contribution in [0, 0.1) is 0 Å². The van der Waals surface area contributed by atoms with E-state index in [1.165, 1.54) is 0 Å². The number of hydrogen-bond donors (Lipinski definition) is 1. The van der Waals surface area contributed by atoms with E-state index in [9.17, 15) is 4.79 Å². The Morgan fingerprint density at radius 2 is 2.30 bits per heavy atom. The molecule has 20 heavy (non-hydrogen) atoms. The molecule has 104 valence electrons. The van der Waals surface area contributed by atoms with Gasteiger partial charge in [-0.3, -0.25) is 9.36 Å². The SMILES string of the molecule is CC/C=C(\C)C(=O)NCc1ccc(-n2ccnc2)nc1. The molecular formula is C15H18N4O. The van der Waals surface area contributed by atoms with Crippen molar-refractivity contribution in [1.82, 2.24) is 19.9 Å². The molecule has 0 aliphatic heterocycles. The molecule has 2 aromatic heterocycles. The number of amides is 1. The van der Waals surface area contributed by atoms with Gasteiger partial charge in [0.15, 0.2) is 0 Å². The molecule has 5 heteroatoms. The van der Waals surface area contributed by atoms with Crippen molar-refractivity contribution in [1.29, 1.82) is 0 Å². The van der Waals surface area contributed by atoms with E-state index in [4.69, 9.17) is 0 Å². The van der Waals surface area contributed by atoms with Gasteiger partial charge in [0.05, 0.1) is 0 Å². The average Bonchev–Trinajstić information content (AvgIpc) is 2.99. The van der Waals surface area contributed by atoms with Crippen molar-refractivity contribution in [3.63, 3.8) is 0 Å². The summed E-state index contributed by atoms with van der Waals surface area (Å²) < 4.78 is 1.83. The molecule has 5 nitrogen and oxygen atoms in total. The van der Waals surface area contributed by atoms with E-state index >= 15 is 0 Å². The normalized spacial score (nSPS) is 11.4. The van der Waals surface area contributed by atoms with Crippen molar-refractivity contribution in [2.45, 2.75) is 26.8 Å². The van der Waals surface area contributed by atoms with Crippen LogP contribution in [0.2, 0.25) is 0 Å². The van der Waals surface area contributed by atoms with E-state index < -0.39 is 0 Å². The molecule has 0 saturated heterocycles. The molecule has 0 fully saturated rings. The van der Waals surface area contributed by atoms with Crippen molar-refractivity contribution < 1.29 is 4.79 Å². The Labute approximate surface area is 118 Å². The monoisotopic (exact) mass is 270 g/mol. The lowest BCUT2D eigenvalue weighted by molar-refractivity contribution is -0.117. The van der Waals surface area contributed by atoms with Crippen LogP contribution in [0.1, 0.15) is 25.8 Å². The van der Waals surface area contributed by atoms with E-state index in [1.54, 1.807) is 18.7 Å². The van der Waals surface area contributed by atoms with Gasteiger partial charge in [0.25, 0.3) is 0 Å². The van der Waals surface area contributed by atoms with Crippen LogP contribution < -0.4 is 5.32 Å². The third kappa shape index (κ3) is 3.54. The Morgan fingerprint density at radius 1 is 1.45 bits per heavy atom. The summed E-state index contributed by atoms with van der Waals surface area (Å²) in [7, 11) is 0. The van der Waals surface area contributed by atoms with Crippen molar-refractivity contribution in [2.24, 2.45) is 0 Å². The van der Waals surface area contributed by atoms with Gasteiger partial charge in [-0.1, -0.05) is 19.1 Å². The van der Waals surface area contributed by atoms with E-state index in [0.29, 0.717) is 6.54 Å². The number of nitrogens with zero attached hydrogens (tertiary/aromatic N) is 3. The molecule has 0 spiro atoms. The summed E-state index contributed by atoms with van der Waals surface area (Å²) >= 11 is 0. The zero-order valence-electron chi connectivity index (χ0n) is 11.7. The molecule has 0 aromatic carbocycles. The van der Waals surface area contributed by atoms with Gasteiger partial charge in [0.2, 0.25) is 5.91 Å². The largest absolute Gasteiger partial charge is 0.348 e. The lowest BCUT2D eigenvalue weighted by atomic mass is 10.2. The van der Waals surface area contributed by atoms with Crippen LogP contribution in [0.4, 0.5) is 0 Å². The number of rotatable bonds is 5. The van der Waals surface area contributed by atoms with E-state index in [2.05, 4.69) is 15.3 Å². The Bertz CT molecular complexity index is 585. The summed E-state index contributed by atoms with van der Waals surface area (Å²) in [6, 6.07) is 3.85. The minimum atomic E-state index is -0.0365. The van der Waals surface area contributed by atoms with Gasteiger partial charge in [-0.15, -0.1) is 0 Å². The number of aromatic nitrogens is 3. The average molecular weight is 270 g/mol. The van der Waals surface area contributed by atoms with Crippen LogP contribution in [0.25, 0.3) is 5.82 Å². The molecule has 0 bridgehead atoms. The molecule has 1 N–H and O–H groups in total. The summed E-state index contributed by atoms with van der Waals surface area (Å²) in [4.78, 5) is 20.1. The third-order valence-electron chi connectivity index (χ3n) is 2.90. The molecule has 0 unspecified atom stereocenters. The molecule has 0 saturated carbocycles. The maximum Gasteiger partial charge on any atom is 0.246 e. The first kappa shape index (κ1) is 14.0. The number of carbonyl (C=O) groups is 1. The summed E-state index contributed by atoms with van der Waals surface area (Å²) in [6.45, 7) is 4.31. The van der Waals surface area contributed by atoms with Gasteiger partial charge in [-0.05, 0) is 25.0 Å². The van der Waals surface area contributed by atoms with Crippen LogP contribution in [-0.4, -0.2) is 20.4 Å². The van der Waals surface area contributed by atoms with Crippen molar-refractivity contribution in [2.75, 3.05) is 0 Å². The quantitative estimate of drug-likeness (QED) is 0.848. The van der Waals surface area contributed by atoms with Crippen LogP contribution in [0.3, 0.4) is 0 Å². The number of allylic oxidation sites excluding steroid dienone is 1. The second-order valence-corrected chi connectivity index (χ2v) is 4.47. The summed E-state index contributed by atoms with van der Waals surface area (Å²) in [5.74, 6) is 0.769. The second kappa shape index (κ2) is 6.65. The Balaban J connectivity index is 1.95. The number of pyridine rings is 1. The first-order valence-electron chi connectivity index (χ1n) is 6.59. The van der Waals surface area contributed by atoms with Crippen LogP contribution in [-0.2, 0) is 11.3 Å². The smallest absolute Gasteiger partial charge is 0.246 e. The summed E-state index contributed by atoms with van der Waals surface area (Å²) in [5, 5.41) is 2.87. The van der Waals surface area contributed by atoms with Gasteiger partial charge in [-0.2, -0.15) is 0 Å². The topological polar surface area (TPSA) is 59.8 Å². The Hall–Kier alpha value is -2.43. The molecule has 0 aliphatic rings. The first-order chi connectivity index (χ1) is 9.70. The number of imidazole rings is 1. The van der Waals surface area contributed by atoms with Crippen LogP contribution in [0.15, 0.2) is 48.7 Å². The predicted molar refractivity (Wildman–Crippen MR) is 77.3 cm³/mol. The maximum atomic E-state index is 11.7. The van der Waals surface area contributed by atoms with Crippen molar-refractivity contribution in [3.05, 3.63) is 54.3 Å². The van der Waals surface area contributed by atoms with Gasteiger partial charge in [0.1, 0.15) is 12.1 Å². The van der Waals surface area contributed by atoms with Crippen LogP contribution in [0.5, 0.6) is 0 Å². The molecular weight excluding hydrogens is 252 g/mol. The Kier molecular flexibility index (Phi) is 4.65. The van der Waals surface area contributed by atoms with Gasteiger partial charge < -0.3 is 5.32 Å². The molecule has 2 heterocycles. The summed E-state index contributed by atoms with van der Waals surface area (Å²) in [5.41, 5.74) is 1.71. The fraction of sp³-hybridized carbons (Fsp3) is 0.267. The fourth-order valence-corrected chi connectivity index (χ4v) is 1.79. The number of hydrogen-bond acceptors (Lipinski definition) is 3. The molecule has 1 amide bonds. The molecule has 2 rings (SSSR count). The summed E-state index contributed by atoms with van der Waals surface area (Å²) in [6.07, 6.45) is 9.77. The molecule has 2 aromatic rings. The third-order valence-corrected chi connectivity index (χ3v) is 2.90. The van der Waals surface area contributed by atoms with Crippen LogP contribution >= 0.6 is 0 Å². The molecule has 0 aliphatic carbocycles. The van der Waals surface area contributed by atoms with Gasteiger partial charge in [-0.25, -0.2) is 9.97 Å². The number of nitrogens with one attached hydrogen (secondary N) is 1. The fourth-order valence-electron chi connectivity index (χ4n) is 1.79. The maximum absolute atomic E-state index is 11.7. The highest BCUT2D eigenvalue weighted by Gasteiger charge is 2.03. The molecule has 0 atom stereocenters. The van der Waals surface area contributed by atoms with Crippen molar-refractivity contribution >= 4 is 5.91 Å².